The molecule has 0 aliphatic heterocycles. The number of imidazole rings is 1. The molecule has 27 heavy (non-hydrogen) atoms. The van der Waals surface area contributed by atoms with Crippen molar-refractivity contribution in [1.82, 2.24) is 19.5 Å². The van der Waals surface area contributed by atoms with Gasteiger partial charge < -0.3 is 26.7 Å². The molecule has 3 rings (SSSR count). The maximum absolute atomic E-state index is 6.10. The molecule has 0 amide bonds. The summed E-state index contributed by atoms with van der Waals surface area (Å²) in [5.41, 5.74) is 16.4. The van der Waals surface area contributed by atoms with Crippen LogP contribution in [0.5, 0.6) is 0 Å². The molecule has 0 saturated heterocycles. The van der Waals surface area contributed by atoms with Crippen LogP contribution in [0.2, 0.25) is 0 Å². The van der Waals surface area contributed by atoms with E-state index in [1.54, 1.807) is 6.33 Å². The minimum atomic E-state index is 0.00260. The Hall–Kier alpha value is -2.87. The van der Waals surface area contributed by atoms with Gasteiger partial charge >= 0.3 is 0 Å². The zero-order valence-electron chi connectivity index (χ0n) is 16.3. The van der Waals surface area contributed by atoms with Crippen molar-refractivity contribution in [3.63, 3.8) is 0 Å². The van der Waals surface area contributed by atoms with E-state index in [9.17, 15) is 0 Å². The van der Waals surface area contributed by atoms with Crippen LogP contribution in [0.1, 0.15) is 37.9 Å². The van der Waals surface area contributed by atoms with E-state index < -0.39 is 0 Å². The van der Waals surface area contributed by atoms with Gasteiger partial charge in [-0.2, -0.15) is 9.97 Å². The van der Waals surface area contributed by atoms with Gasteiger partial charge in [0.25, 0.3) is 0 Å². The van der Waals surface area contributed by atoms with Gasteiger partial charge in [0.15, 0.2) is 17.0 Å². The summed E-state index contributed by atoms with van der Waals surface area (Å²) in [6.45, 7) is 9.32. The molecule has 144 valence electrons. The van der Waals surface area contributed by atoms with Crippen molar-refractivity contribution in [3.05, 3.63) is 35.7 Å². The monoisotopic (exact) mass is 368 g/mol. The summed E-state index contributed by atoms with van der Waals surface area (Å²) < 4.78 is 2.03. The van der Waals surface area contributed by atoms with E-state index in [-0.39, 0.29) is 12.1 Å². The van der Waals surface area contributed by atoms with Crippen LogP contribution in [0.4, 0.5) is 17.5 Å². The van der Waals surface area contributed by atoms with Crippen molar-refractivity contribution in [2.45, 2.75) is 46.3 Å². The number of fused-ring (bicyclic) bond motifs is 1. The van der Waals surface area contributed by atoms with Crippen molar-refractivity contribution >= 4 is 28.6 Å². The smallest absolute Gasteiger partial charge is 0.226 e. The highest BCUT2D eigenvalue weighted by Crippen LogP contribution is 2.24. The third-order valence-electron chi connectivity index (χ3n) is 4.30. The van der Waals surface area contributed by atoms with Gasteiger partial charge in [0.1, 0.15) is 0 Å². The molecule has 0 fully saturated rings. The van der Waals surface area contributed by atoms with Gasteiger partial charge in [0.2, 0.25) is 5.95 Å². The van der Waals surface area contributed by atoms with Crippen LogP contribution in [-0.2, 0) is 6.54 Å². The fraction of sp³-hybridized carbons (Fsp3) is 0.421. The molecule has 0 saturated carbocycles. The first kappa shape index (κ1) is 18.9. The maximum atomic E-state index is 6.10. The number of hydrogen-bond donors (Lipinski definition) is 4. The predicted octanol–water partition coefficient (Wildman–Crippen LogP) is 2.67. The first-order valence-corrected chi connectivity index (χ1v) is 9.18. The van der Waals surface area contributed by atoms with Crippen molar-refractivity contribution < 1.29 is 0 Å². The van der Waals surface area contributed by atoms with Crippen molar-refractivity contribution in [3.8, 4) is 0 Å². The number of hydrogen-bond acceptors (Lipinski definition) is 7. The fourth-order valence-corrected chi connectivity index (χ4v) is 2.82. The first-order chi connectivity index (χ1) is 12.8. The van der Waals surface area contributed by atoms with Gasteiger partial charge in [-0.3, -0.25) is 0 Å². The molecule has 8 nitrogen and oxygen atoms in total. The molecule has 3 aromatic rings. The normalized spacial score (nSPS) is 12.5. The zero-order chi connectivity index (χ0) is 19.6. The van der Waals surface area contributed by atoms with E-state index in [1.807, 2.05) is 30.5 Å². The van der Waals surface area contributed by atoms with Crippen LogP contribution in [0.3, 0.4) is 0 Å². The second-order valence-corrected chi connectivity index (χ2v) is 7.23. The summed E-state index contributed by atoms with van der Waals surface area (Å²) >= 11 is 0. The van der Waals surface area contributed by atoms with E-state index in [4.69, 9.17) is 11.5 Å². The zero-order valence-corrected chi connectivity index (χ0v) is 16.3. The van der Waals surface area contributed by atoms with Crippen molar-refractivity contribution in [1.29, 1.82) is 0 Å². The van der Waals surface area contributed by atoms with Gasteiger partial charge in [-0.05, 0) is 39.3 Å². The molecular formula is C19H28N8. The van der Waals surface area contributed by atoms with Gasteiger partial charge in [-0.1, -0.05) is 17.7 Å². The molecule has 8 heteroatoms. The molecule has 0 radical (unpaired) electrons. The second-order valence-electron chi connectivity index (χ2n) is 7.23. The molecule has 1 atom stereocenters. The Morgan fingerprint density at radius 3 is 2.63 bits per heavy atom. The standard InChI is InChI=1S/C19H28N8/c1-11(2)27-10-24-16-17(22-9-14-7-12(3)5-6-15(14)21)25-19(26-18(16)27)23-8-13(4)20/h5-7,10-11,13H,8-9,20-21H2,1-4H3,(H2,22,23,25,26). The number of benzene rings is 1. The quantitative estimate of drug-likeness (QED) is 0.473. The predicted molar refractivity (Wildman–Crippen MR) is 111 cm³/mol. The Kier molecular flexibility index (Phi) is 5.46. The molecule has 0 bridgehead atoms. The summed E-state index contributed by atoms with van der Waals surface area (Å²) in [5, 5.41) is 6.57. The molecule has 0 spiro atoms. The second kappa shape index (κ2) is 7.79. The van der Waals surface area contributed by atoms with E-state index in [2.05, 4.69) is 45.5 Å². The number of nitrogens with two attached hydrogens (primary N) is 2. The van der Waals surface area contributed by atoms with Crippen molar-refractivity contribution in [2.24, 2.45) is 5.73 Å². The summed E-state index contributed by atoms with van der Waals surface area (Å²) in [4.78, 5) is 13.8. The lowest BCUT2D eigenvalue weighted by Crippen LogP contribution is -2.26. The molecule has 1 aromatic carbocycles. The van der Waals surface area contributed by atoms with E-state index in [0.29, 0.717) is 24.9 Å². The SMILES string of the molecule is Cc1ccc(N)c(CNc2nc(NCC(C)N)nc3c2ncn3C(C)C)c1. The first-order valence-electron chi connectivity index (χ1n) is 9.18. The maximum Gasteiger partial charge on any atom is 0.226 e. The Bertz CT molecular complexity index is 929. The largest absolute Gasteiger partial charge is 0.398 e. The fourth-order valence-electron chi connectivity index (χ4n) is 2.82. The molecule has 6 N–H and O–H groups in total. The highest BCUT2D eigenvalue weighted by Gasteiger charge is 2.15. The van der Waals surface area contributed by atoms with E-state index >= 15 is 0 Å². The average molecular weight is 368 g/mol. The number of nitrogens with zero attached hydrogens (tertiary/aromatic N) is 4. The minimum absolute atomic E-state index is 0.00260. The van der Waals surface area contributed by atoms with Gasteiger partial charge in [-0.15, -0.1) is 0 Å². The lowest BCUT2D eigenvalue weighted by molar-refractivity contribution is 0.612. The average Bonchev–Trinajstić information content (AvgIpc) is 3.04. The van der Waals surface area contributed by atoms with E-state index in [1.165, 1.54) is 0 Å². The van der Waals surface area contributed by atoms with Crippen LogP contribution >= 0.6 is 0 Å². The molecule has 2 aromatic heterocycles. The highest BCUT2D eigenvalue weighted by molar-refractivity contribution is 5.84. The van der Waals surface area contributed by atoms with Crippen LogP contribution in [-0.4, -0.2) is 32.1 Å². The number of aromatic nitrogens is 4. The van der Waals surface area contributed by atoms with Gasteiger partial charge in [0.05, 0.1) is 6.33 Å². The lowest BCUT2D eigenvalue weighted by atomic mass is 10.1. The van der Waals surface area contributed by atoms with Crippen LogP contribution in [0.15, 0.2) is 24.5 Å². The third-order valence-corrected chi connectivity index (χ3v) is 4.30. The van der Waals surface area contributed by atoms with Crippen LogP contribution in [0, 0.1) is 6.92 Å². The summed E-state index contributed by atoms with van der Waals surface area (Å²) in [7, 11) is 0. The molecular weight excluding hydrogens is 340 g/mol. The molecule has 0 aliphatic rings. The van der Waals surface area contributed by atoms with Gasteiger partial charge in [-0.25, -0.2) is 4.98 Å². The Morgan fingerprint density at radius 1 is 1.15 bits per heavy atom. The molecule has 1 unspecified atom stereocenters. The number of nitrogen functional groups attached to an aromatic ring is 1. The number of anilines is 3. The summed E-state index contributed by atoms with van der Waals surface area (Å²) in [6, 6.07) is 6.24. The highest BCUT2D eigenvalue weighted by atomic mass is 15.2. The topological polar surface area (TPSA) is 120 Å². The van der Waals surface area contributed by atoms with E-state index in [0.717, 1.165) is 28.0 Å². The number of aryl methyl sites for hydroxylation is 1. The summed E-state index contributed by atoms with van der Waals surface area (Å²) in [5.74, 6) is 1.20. The minimum Gasteiger partial charge on any atom is -0.398 e. The number of rotatable bonds is 7. The Balaban J connectivity index is 1.95. The Labute approximate surface area is 159 Å². The lowest BCUT2D eigenvalue weighted by Gasteiger charge is -2.13. The number of nitrogens with one attached hydrogen (secondary N) is 2. The Morgan fingerprint density at radius 2 is 1.93 bits per heavy atom. The molecule has 2 heterocycles. The van der Waals surface area contributed by atoms with Crippen LogP contribution < -0.4 is 22.1 Å². The third kappa shape index (κ3) is 4.28. The van der Waals surface area contributed by atoms with Crippen LogP contribution in [0.25, 0.3) is 11.2 Å². The van der Waals surface area contributed by atoms with Gasteiger partial charge in [0, 0.05) is 30.9 Å². The molecule has 0 aliphatic carbocycles. The summed E-state index contributed by atoms with van der Waals surface area (Å²) in [6.07, 6.45) is 1.80. The van der Waals surface area contributed by atoms with Crippen molar-refractivity contribution in [2.75, 3.05) is 22.9 Å².